The Balaban J connectivity index is 0.000000120. The van der Waals surface area contributed by atoms with Crippen LogP contribution in [0.15, 0.2) is 128 Å². The minimum atomic E-state index is 0. The molecule has 0 bridgehead atoms. The van der Waals surface area contributed by atoms with Crippen LogP contribution in [0.3, 0.4) is 0 Å². The van der Waals surface area contributed by atoms with E-state index in [-0.39, 0.29) is 19.5 Å². The molecule has 0 saturated carbocycles. The van der Waals surface area contributed by atoms with Gasteiger partial charge in [-0.05, 0) is 72.8 Å². The van der Waals surface area contributed by atoms with Crippen LogP contribution in [0, 0.1) is 0 Å². The summed E-state index contributed by atoms with van der Waals surface area (Å²) in [5, 5.41) is 5.97. The average Bonchev–Trinajstić information content (AvgIpc) is 3.09. The maximum Gasteiger partial charge on any atom is 2.00 e. The summed E-state index contributed by atoms with van der Waals surface area (Å²) in [6.45, 7) is 0. The standard InChI is InChI=1S/3C12H9N3.Ru/c3*13-10-7-8-3-1-5-14-11(8)12-9(10)4-2-6-15-12;/h3*1-7H,13H2;/q;;;+2. The van der Waals surface area contributed by atoms with E-state index < -0.39 is 0 Å². The molecule has 0 saturated heterocycles. The molecule has 0 aliphatic carbocycles. The van der Waals surface area contributed by atoms with Crippen molar-refractivity contribution in [1.82, 2.24) is 29.9 Å². The van der Waals surface area contributed by atoms with Crippen LogP contribution in [0.1, 0.15) is 0 Å². The van der Waals surface area contributed by atoms with Crippen LogP contribution >= 0.6 is 0 Å². The molecule has 6 aromatic heterocycles. The molecule has 9 nitrogen and oxygen atoms in total. The van der Waals surface area contributed by atoms with Crippen molar-refractivity contribution >= 4 is 82.5 Å². The topological polar surface area (TPSA) is 155 Å². The molecule has 9 aromatic rings. The Kier molecular flexibility index (Phi) is 8.54. The third kappa shape index (κ3) is 5.69. The molecule has 0 atom stereocenters. The third-order valence-corrected chi connectivity index (χ3v) is 7.48. The van der Waals surface area contributed by atoms with E-state index >= 15 is 0 Å². The zero-order chi connectivity index (χ0) is 30.8. The Bertz CT molecular complexity index is 2220. The maximum atomic E-state index is 5.95. The maximum absolute atomic E-state index is 5.95. The van der Waals surface area contributed by atoms with Crippen LogP contribution in [0.25, 0.3) is 65.4 Å². The largest absolute Gasteiger partial charge is 2.00 e. The predicted molar refractivity (Wildman–Crippen MR) is 184 cm³/mol. The van der Waals surface area contributed by atoms with Crippen molar-refractivity contribution in [1.29, 1.82) is 0 Å². The monoisotopic (exact) mass is 687 g/mol. The van der Waals surface area contributed by atoms with E-state index in [1.165, 1.54) is 0 Å². The van der Waals surface area contributed by atoms with Gasteiger partial charge in [0, 0.05) is 86.6 Å². The van der Waals surface area contributed by atoms with Crippen molar-refractivity contribution < 1.29 is 19.5 Å². The van der Waals surface area contributed by atoms with Gasteiger partial charge in [0.2, 0.25) is 0 Å². The smallest absolute Gasteiger partial charge is 0.398 e. The summed E-state index contributed by atoms with van der Waals surface area (Å²) in [5.41, 5.74) is 25.4. The van der Waals surface area contributed by atoms with Crippen LogP contribution < -0.4 is 17.2 Å². The molecule has 0 aliphatic rings. The Morgan fingerprint density at radius 2 is 0.565 bits per heavy atom. The first-order chi connectivity index (χ1) is 22.1. The van der Waals surface area contributed by atoms with E-state index in [4.69, 9.17) is 17.2 Å². The first-order valence-corrected chi connectivity index (χ1v) is 14.2. The van der Waals surface area contributed by atoms with Gasteiger partial charge < -0.3 is 17.2 Å². The second-order valence-corrected chi connectivity index (χ2v) is 10.3. The Morgan fingerprint density at radius 3 is 0.848 bits per heavy atom. The summed E-state index contributed by atoms with van der Waals surface area (Å²) in [7, 11) is 0. The number of nitrogens with zero attached hydrogens (tertiary/aromatic N) is 6. The molecule has 6 heterocycles. The van der Waals surface area contributed by atoms with Gasteiger partial charge in [0.05, 0.1) is 33.1 Å². The van der Waals surface area contributed by atoms with Gasteiger partial charge in [-0.15, -0.1) is 0 Å². The second-order valence-electron chi connectivity index (χ2n) is 10.3. The Hall–Kier alpha value is -5.86. The number of rotatable bonds is 0. The van der Waals surface area contributed by atoms with E-state index in [2.05, 4.69) is 29.9 Å². The summed E-state index contributed by atoms with van der Waals surface area (Å²) >= 11 is 0. The van der Waals surface area contributed by atoms with E-state index in [9.17, 15) is 0 Å². The molecule has 0 radical (unpaired) electrons. The van der Waals surface area contributed by atoms with Gasteiger partial charge in [-0.25, -0.2) is 0 Å². The Morgan fingerprint density at radius 1 is 0.326 bits per heavy atom. The van der Waals surface area contributed by atoms with Crippen molar-refractivity contribution in [3.05, 3.63) is 128 Å². The number of nitrogen functional groups attached to an aromatic ring is 3. The molecular weight excluding hydrogens is 660 g/mol. The first-order valence-electron chi connectivity index (χ1n) is 14.2. The van der Waals surface area contributed by atoms with E-state index in [0.717, 1.165) is 82.5 Å². The molecule has 10 heteroatoms. The summed E-state index contributed by atoms with van der Waals surface area (Å²) in [6.07, 6.45) is 10.6. The van der Waals surface area contributed by atoms with E-state index in [1.54, 1.807) is 37.2 Å². The number of hydrogen-bond acceptors (Lipinski definition) is 9. The molecule has 0 unspecified atom stereocenters. The molecule has 0 fully saturated rings. The van der Waals surface area contributed by atoms with Gasteiger partial charge in [0.1, 0.15) is 0 Å². The fourth-order valence-corrected chi connectivity index (χ4v) is 5.41. The van der Waals surface area contributed by atoms with Crippen molar-refractivity contribution in [3.8, 4) is 0 Å². The van der Waals surface area contributed by atoms with Crippen molar-refractivity contribution in [3.63, 3.8) is 0 Å². The number of hydrogen-bond donors (Lipinski definition) is 3. The van der Waals surface area contributed by atoms with E-state index in [1.807, 2.05) is 91.0 Å². The number of aromatic nitrogens is 6. The average molecular weight is 687 g/mol. The summed E-state index contributed by atoms with van der Waals surface area (Å²) < 4.78 is 0. The molecule has 0 spiro atoms. The van der Waals surface area contributed by atoms with Crippen molar-refractivity contribution in [2.45, 2.75) is 0 Å². The quantitative estimate of drug-likeness (QED) is 0.0861. The van der Waals surface area contributed by atoms with Gasteiger partial charge in [0.25, 0.3) is 0 Å². The first kappa shape index (κ1) is 30.2. The molecule has 3 aromatic carbocycles. The predicted octanol–water partition coefficient (Wildman–Crippen LogP) is 7.09. The molecule has 222 valence electrons. The van der Waals surface area contributed by atoms with Gasteiger partial charge in [0.15, 0.2) is 0 Å². The van der Waals surface area contributed by atoms with Crippen LogP contribution in [-0.2, 0) is 19.5 Å². The van der Waals surface area contributed by atoms with Crippen LogP contribution in [-0.4, -0.2) is 29.9 Å². The molecule has 6 N–H and O–H groups in total. The van der Waals surface area contributed by atoms with E-state index in [0.29, 0.717) is 0 Å². The molecule has 46 heavy (non-hydrogen) atoms. The number of fused-ring (bicyclic) bond motifs is 9. The molecule has 9 rings (SSSR count). The SMILES string of the molecule is Nc1cc2cccnc2c2ncccc12.Nc1cc2cccnc2c2ncccc12.Nc1cc2cccnc2c2ncccc12.[Ru+2]. The fourth-order valence-electron chi connectivity index (χ4n) is 5.41. The van der Waals surface area contributed by atoms with Crippen molar-refractivity contribution in [2.75, 3.05) is 17.2 Å². The minimum Gasteiger partial charge on any atom is -0.398 e. The van der Waals surface area contributed by atoms with Gasteiger partial charge in [-0.1, -0.05) is 18.2 Å². The van der Waals surface area contributed by atoms with Crippen molar-refractivity contribution in [2.24, 2.45) is 0 Å². The zero-order valence-corrected chi connectivity index (χ0v) is 26.1. The summed E-state index contributed by atoms with van der Waals surface area (Å²) in [4.78, 5) is 26.0. The molecule has 0 amide bonds. The normalized spacial score (nSPS) is 10.7. The number of anilines is 3. The summed E-state index contributed by atoms with van der Waals surface area (Å²) in [6, 6.07) is 29.0. The van der Waals surface area contributed by atoms with Gasteiger partial charge >= 0.3 is 19.5 Å². The van der Waals surface area contributed by atoms with Crippen LogP contribution in [0.2, 0.25) is 0 Å². The van der Waals surface area contributed by atoms with Crippen LogP contribution in [0.5, 0.6) is 0 Å². The Labute approximate surface area is 276 Å². The minimum absolute atomic E-state index is 0. The fraction of sp³-hybridized carbons (Fsp3) is 0. The van der Waals surface area contributed by atoms with Gasteiger partial charge in [-0.2, -0.15) is 0 Å². The van der Waals surface area contributed by atoms with Gasteiger partial charge in [-0.3, -0.25) is 29.9 Å². The summed E-state index contributed by atoms with van der Waals surface area (Å²) in [5.74, 6) is 0. The molecule has 0 aliphatic heterocycles. The second kappa shape index (κ2) is 13.0. The number of nitrogens with two attached hydrogens (primary N) is 3. The van der Waals surface area contributed by atoms with Crippen LogP contribution in [0.4, 0.5) is 17.1 Å². The molecular formula is C36H27N9Ru+2. The number of pyridine rings is 6. The number of benzene rings is 3. The third-order valence-electron chi connectivity index (χ3n) is 7.48. The zero-order valence-electron chi connectivity index (χ0n) is 24.4.